The summed E-state index contributed by atoms with van der Waals surface area (Å²) in [5, 5.41) is 2.63. The highest BCUT2D eigenvalue weighted by Gasteiger charge is 2.17. The van der Waals surface area contributed by atoms with Crippen molar-refractivity contribution in [3.63, 3.8) is 0 Å². The lowest BCUT2D eigenvalue weighted by Gasteiger charge is -2.27. The molecule has 0 unspecified atom stereocenters. The van der Waals surface area contributed by atoms with Crippen LogP contribution in [0.5, 0.6) is 0 Å². The van der Waals surface area contributed by atoms with Crippen molar-refractivity contribution in [2.45, 2.75) is 86.0 Å². The van der Waals surface area contributed by atoms with Gasteiger partial charge in [0.25, 0.3) is 0 Å². The van der Waals surface area contributed by atoms with Gasteiger partial charge in [-0.05, 0) is 143 Å². The fraction of sp³-hybridized carbons (Fsp3) is 0.245. The van der Waals surface area contributed by atoms with E-state index >= 15 is 0 Å². The van der Waals surface area contributed by atoms with E-state index in [1.807, 2.05) is 0 Å². The molecule has 0 fully saturated rings. The molecule has 0 atom stereocenters. The minimum Gasteiger partial charge on any atom is -0.310 e. The Labute approximate surface area is 324 Å². The molecule has 7 aromatic rings. The van der Waals surface area contributed by atoms with Crippen LogP contribution in [0.3, 0.4) is 0 Å². The molecule has 1 nitrogen and oxygen atoms in total. The standard InChI is InChI=1S/C53H55N/c1-6-8-9-10-11-12-15-41-20-24-45(25-21-41)51-35-34-49(37-42(51)7-2)54(47-30-26-44(27-31-47)43-22-18-38(3)19-23-43)48-32-28-46(29-33-48)53-36-39(4)40(5)50-16-13-14-17-52(50)53/h13-14,16-37H,6-12,15H2,1-5H3. The average Bonchev–Trinajstić information content (AvgIpc) is 3.22. The Morgan fingerprint density at radius 3 is 1.63 bits per heavy atom. The quantitative estimate of drug-likeness (QED) is 0.102. The van der Waals surface area contributed by atoms with E-state index in [0.29, 0.717) is 0 Å². The Kier molecular flexibility index (Phi) is 11.7. The molecular formula is C53H55N. The van der Waals surface area contributed by atoms with Gasteiger partial charge >= 0.3 is 0 Å². The molecule has 0 aromatic heterocycles. The van der Waals surface area contributed by atoms with Gasteiger partial charge in [-0.25, -0.2) is 0 Å². The predicted molar refractivity (Wildman–Crippen MR) is 236 cm³/mol. The first kappa shape index (κ1) is 36.9. The molecule has 0 spiro atoms. The Morgan fingerprint density at radius 2 is 0.981 bits per heavy atom. The molecule has 0 radical (unpaired) electrons. The smallest absolute Gasteiger partial charge is 0.0464 e. The lowest BCUT2D eigenvalue weighted by Crippen LogP contribution is -2.10. The maximum Gasteiger partial charge on any atom is 0.0464 e. The monoisotopic (exact) mass is 705 g/mol. The molecule has 54 heavy (non-hydrogen) atoms. The van der Waals surface area contributed by atoms with Crippen LogP contribution >= 0.6 is 0 Å². The van der Waals surface area contributed by atoms with Crippen LogP contribution in [-0.4, -0.2) is 0 Å². The SMILES string of the molecule is CCCCCCCCc1ccc(-c2ccc(N(c3ccc(-c4ccc(C)cc4)cc3)c3ccc(-c4cc(C)c(C)c5ccccc45)cc3)cc2CC)cc1. The molecule has 0 saturated heterocycles. The van der Waals surface area contributed by atoms with Gasteiger partial charge in [0.1, 0.15) is 0 Å². The van der Waals surface area contributed by atoms with Crippen molar-refractivity contribution >= 4 is 27.8 Å². The highest BCUT2D eigenvalue weighted by atomic mass is 15.1. The molecular weight excluding hydrogens is 651 g/mol. The van der Waals surface area contributed by atoms with E-state index < -0.39 is 0 Å². The van der Waals surface area contributed by atoms with Crippen molar-refractivity contribution in [3.8, 4) is 33.4 Å². The van der Waals surface area contributed by atoms with Crippen molar-refractivity contribution < 1.29 is 0 Å². The summed E-state index contributed by atoms with van der Waals surface area (Å²) in [5.74, 6) is 0. The predicted octanol–water partition coefficient (Wildman–Crippen LogP) is 15.7. The molecule has 0 aliphatic carbocycles. The van der Waals surface area contributed by atoms with Gasteiger partial charge in [-0.15, -0.1) is 0 Å². The van der Waals surface area contributed by atoms with Crippen molar-refractivity contribution in [1.82, 2.24) is 0 Å². The average molecular weight is 706 g/mol. The lowest BCUT2D eigenvalue weighted by atomic mass is 9.92. The summed E-state index contributed by atoms with van der Waals surface area (Å²) in [7, 11) is 0. The third-order valence-electron chi connectivity index (χ3n) is 11.3. The zero-order valence-electron chi connectivity index (χ0n) is 33.0. The van der Waals surface area contributed by atoms with E-state index in [9.17, 15) is 0 Å². The Bertz CT molecular complexity index is 2290. The molecule has 0 N–H and O–H groups in total. The van der Waals surface area contributed by atoms with E-state index in [1.54, 1.807) is 0 Å². The number of aryl methyl sites for hydroxylation is 5. The van der Waals surface area contributed by atoms with Gasteiger partial charge < -0.3 is 4.90 Å². The Balaban J connectivity index is 1.22. The Morgan fingerprint density at radius 1 is 0.444 bits per heavy atom. The third kappa shape index (κ3) is 8.22. The van der Waals surface area contributed by atoms with E-state index in [0.717, 1.165) is 17.8 Å². The maximum absolute atomic E-state index is 2.41. The zero-order chi connectivity index (χ0) is 37.4. The number of nitrogens with zero attached hydrogens (tertiary/aromatic N) is 1. The summed E-state index contributed by atoms with van der Waals surface area (Å²) in [6.45, 7) is 11.2. The second-order valence-electron chi connectivity index (χ2n) is 15.1. The van der Waals surface area contributed by atoms with Crippen LogP contribution in [0.1, 0.15) is 80.2 Å². The third-order valence-corrected chi connectivity index (χ3v) is 11.3. The maximum atomic E-state index is 2.41. The summed E-state index contributed by atoms with van der Waals surface area (Å²) in [6.07, 6.45) is 10.1. The Hall–Kier alpha value is -5.40. The van der Waals surface area contributed by atoms with Crippen molar-refractivity contribution in [2.75, 3.05) is 4.90 Å². The van der Waals surface area contributed by atoms with Crippen LogP contribution in [0.2, 0.25) is 0 Å². The first-order valence-corrected chi connectivity index (χ1v) is 20.2. The second-order valence-corrected chi connectivity index (χ2v) is 15.1. The summed E-state index contributed by atoms with van der Waals surface area (Å²) in [5.41, 5.74) is 17.8. The van der Waals surface area contributed by atoms with Gasteiger partial charge in [0.15, 0.2) is 0 Å². The molecule has 7 rings (SSSR count). The van der Waals surface area contributed by atoms with Crippen LogP contribution in [0.4, 0.5) is 17.1 Å². The highest BCUT2D eigenvalue weighted by Crippen LogP contribution is 2.40. The number of fused-ring (bicyclic) bond motifs is 1. The summed E-state index contributed by atoms with van der Waals surface area (Å²) < 4.78 is 0. The fourth-order valence-electron chi connectivity index (χ4n) is 7.94. The number of benzene rings is 7. The molecule has 1 heteroatoms. The van der Waals surface area contributed by atoms with Crippen LogP contribution < -0.4 is 4.90 Å². The highest BCUT2D eigenvalue weighted by molar-refractivity contribution is 5.99. The van der Waals surface area contributed by atoms with Crippen molar-refractivity contribution in [1.29, 1.82) is 0 Å². The van der Waals surface area contributed by atoms with E-state index in [1.165, 1.54) is 123 Å². The summed E-state index contributed by atoms with van der Waals surface area (Å²) >= 11 is 0. The van der Waals surface area contributed by atoms with Gasteiger partial charge in [-0.1, -0.05) is 161 Å². The largest absolute Gasteiger partial charge is 0.310 e. The number of hydrogen-bond donors (Lipinski definition) is 0. The van der Waals surface area contributed by atoms with Gasteiger partial charge in [-0.3, -0.25) is 0 Å². The van der Waals surface area contributed by atoms with Crippen LogP contribution in [0, 0.1) is 20.8 Å². The first-order valence-electron chi connectivity index (χ1n) is 20.2. The molecule has 272 valence electrons. The van der Waals surface area contributed by atoms with E-state index in [2.05, 4.69) is 185 Å². The van der Waals surface area contributed by atoms with Crippen LogP contribution in [-0.2, 0) is 12.8 Å². The van der Waals surface area contributed by atoms with Crippen molar-refractivity contribution in [3.05, 3.63) is 173 Å². The zero-order valence-corrected chi connectivity index (χ0v) is 33.0. The summed E-state index contributed by atoms with van der Waals surface area (Å²) in [4.78, 5) is 2.41. The minimum atomic E-state index is 0.960. The molecule has 0 aliphatic rings. The molecule has 0 aliphatic heterocycles. The lowest BCUT2D eigenvalue weighted by molar-refractivity contribution is 0.607. The van der Waals surface area contributed by atoms with Gasteiger partial charge in [-0.2, -0.15) is 0 Å². The van der Waals surface area contributed by atoms with Crippen LogP contribution in [0.25, 0.3) is 44.2 Å². The number of rotatable bonds is 14. The minimum absolute atomic E-state index is 0.960. The van der Waals surface area contributed by atoms with Gasteiger partial charge in [0.2, 0.25) is 0 Å². The molecule has 7 aromatic carbocycles. The number of hydrogen-bond acceptors (Lipinski definition) is 1. The second kappa shape index (κ2) is 17.2. The van der Waals surface area contributed by atoms with Crippen molar-refractivity contribution in [2.24, 2.45) is 0 Å². The van der Waals surface area contributed by atoms with Crippen LogP contribution in [0.15, 0.2) is 146 Å². The van der Waals surface area contributed by atoms with Gasteiger partial charge in [0.05, 0.1) is 0 Å². The summed E-state index contributed by atoms with van der Waals surface area (Å²) in [6, 6.07) is 54.5. The number of anilines is 3. The molecule has 0 heterocycles. The topological polar surface area (TPSA) is 3.24 Å². The number of unbranched alkanes of at least 4 members (excludes halogenated alkanes) is 5. The van der Waals surface area contributed by atoms with Gasteiger partial charge in [0, 0.05) is 17.1 Å². The normalized spacial score (nSPS) is 11.3. The fourth-order valence-corrected chi connectivity index (χ4v) is 7.94. The first-order chi connectivity index (χ1) is 26.4. The van der Waals surface area contributed by atoms with E-state index in [4.69, 9.17) is 0 Å². The molecule has 0 saturated carbocycles. The molecule has 0 amide bonds. The van der Waals surface area contributed by atoms with E-state index in [-0.39, 0.29) is 0 Å². The molecule has 0 bridgehead atoms.